The van der Waals surface area contributed by atoms with Gasteiger partial charge in [0.05, 0.1) is 28.4 Å². The molecule has 3 heterocycles. The van der Waals surface area contributed by atoms with Crippen molar-refractivity contribution in [2.24, 2.45) is 0 Å². The van der Waals surface area contributed by atoms with Gasteiger partial charge < -0.3 is 54.5 Å². The van der Waals surface area contributed by atoms with Crippen molar-refractivity contribution in [2.45, 2.75) is 65.2 Å². The van der Waals surface area contributed by atoms with Crippen LogP contribution in [0.3, 0.4) is 0 Å². The number of benzene rings is 6. The number of aryl methyl sites for hydroxylation is 3. The van der Waals surface area contributed by atoms with E-state index >= 15 is 0 Å². The molecule has 436 valence electrons. The number of likely N-dealkylation sites (N-methyl/N-ethyl adjacent to an activating group) is 2. The molecule has 0 unspecified atom stereocenters. The highest BCUT2D eigenvalue weighted by molar-refractivity contribution is 9.69. The number of hydrogen-bond acceptors (Lipinski definition) is 14. The Bertz CT molecular complexity index is 3200. The maximum atomic E-state index is 10.0. The van der Waals surface area contributed by atoms with Gasteiger partial charge in [-0.15, -0.1) is 47.3 Å². The number of fused-ring (bicyclic) bond motifs is 3. The van der Waals surface area contributed by atoms with Gasteiger partial charge in [-0.1, -0.05) is 96.9 Å². The zero-order valence-corrected chi connectivity index (χ0v) is 52.4. The van der Waals surface area contributed by atoms with E-state index in [1.165, 1.54) is 33.4 Å². The van der Waals surface area contributed by atoms with Crippen LogP contribution in [0.2, 0.25) is 0 Å². The zero-order valence-electron chi connectivity index (χ0n) is 47.6. The molecule has 0 amide bonds. The first kappa shape index (κ1) is 69.7. The van der Waals surface area contributed by atoms with Crippen LogP contribution in [0, 0.1) is 54.8 Å². The van der Waals surface area contributed by atoms with Crippen molar-refractivity contribution >= 4 is 56.9 Å². The van der Waals surface area contributed by atoms with E-state index in [9.17, 15) is 26.0 Å². The van der Waals surface area contributed by atoms with Gasteiger partial charge in [-0.25, -0.2) is 0 Å². The number of aliphatic hydroxyl groups excluding tert-OH is 1. The molecule has 15 nitrogen and oxygen atoms in total. The molecule has 0 aromatic heterocycles. The smallest absolute Gasteiger partial charge is 0.369 e. The Kier molecular flexibility index (Phi) is 29.5. The Balaban J connectivity index is 0.000000299. The monoisotopic (exact) mass is 1310 g/mol. The zero-order chi connectivity index (χ0) is 59.9. The summed E-state index contributed by atoms with van der Waals surface area (Å²) in [5.74, 6) is 2.24. The van der Waals surface area contributed by atoms with Gasteiger partial charge in [-0.05, 0) is 129 Å². The molecule has 5 N–H and O–H groups in total. The Morgan fingerprint density at radius 3 is 1.32 bits per heavy atom. The maximum Gasteiger partial charge on any atom is 0.369 e. The van der Waals surface area contributed by atoms with Crippen LogP contribution in [0.1, 0.15) is 109 Å². The van der Waals surface area contributed by atoms with Crippen molar-refractivity contribution in [3.05, 3.63) is 174 Å². The molecule has 19 heteroatoms. The van der Waals surface area contributed by atoms with Crippen LogP contribution in [0.4, 0.5) is 0 Å². The highest BCUT2D eigenvalue weighted by atomic mass is 79.9. The summed E-state index contributed by atoms with van der Waals surface area (Å²) in [4.78, 5) is 12.9. The lowest BCUT2D eigenvalue weighted by Gasteiger charge is -2.23. The van der Waals surface area contributed by atoms with Crippen LogP contribution in [0.25, 0.3) is 0 Å². The van der Waals surface area contributed by atoms with Crippen molar-refractivity contribution in [3.8, 4) is 52.7 Å². The second kappa shape index (κ2) is 34.8. The predicted octanol–water partition coefficient (Wildman–Crippen LogP) is 11.7. The molecule has 3 aliphatic heterocycles. The lowest BCUT2D eigenvalue weighted by molar-refractivity contribution is -0.122. The number of aromatic hydroxyl groups is 2. The van der Waals surface area contributed by atoms with Gasteiger partial charge in [0.25, 0.3) is 6.47 Å². The van der Waals surface area contributed by atoms with E-state index in [0.29, 0.717) is 40.5 Å². The van der Waals surface area contributed by atoms with Gasteiger partial charge in [-0.2, -0.15) is 15.8 Å². The highest BCUT2D eigenvalue weighted by Gasteiger charge is 2.31. The number of carboxylic acid groups (broad SMARTS) is 1. The Hall–Kier alpha value is -6.60. The summed E-state index contributed by atoms with van der Waals surface area (Å²) < 4.78 is 22.2. The fourth-order valence-corrected chi connectivity index (χ4v) is 10.6. The number of ether oxygens (including phenoxy) is 4. The van der Waals surface area contributed by atoms with Crippen LogP contribution in [0.5, 0.6) is 34.5 Å². The quantitative estimate of drug-likeness (QED) is 0.0569. The third kappa shape index (κ3) is 18.0. The largest absolute Gasteiger partial charge is 0.504 e. The molecule has 9 rings (SSSR count). The second-order valence-electron chi connectivity index (χ2n) is 19.4. The molecule has 0 bridgehead atoms. The molecule has 0 saturated heterocycles. The van der Waals surface area contributed by atoms with Gasteiger partial charge in [0.2, 0.25) is 0 Å². The van der Waals surface area contributed by atoms with Crippen molar-refractivity contribution in [1.82, 2.24) is 15.1 Å². The fourth-order valence-electron chi connectivity index (χ4n) is 10.6. The van der Waals surface area contributed by atoms with Gasteiger partial charge in [0.15, 0.2) is 34.5 Å². The van der Waals surface area contributed by atoms with Crippen LogP contribution in [0.15, 0.2) is 91.0 Å². The van der Waals surface area contributed by atoms with E-state index < -0.39 is 0 Å². The summed E-state index contributed by atoms with van der Waals surface area (Å²) in [7, 11) is 11.6. The number of phenols is 2. The summed E-state index contributed by atoms with van der Waals surface area (Å²) in [6.45, 7) is 11.2. The number of methoxy groups -OCH3 is 4. The average molecular weight is 1310 g/mol. The summed E-state index contributed by atoms with van der Waals surface area (Å²) >= 11 is 9.31. The summed E-state index contributed by atoms with van der Waals surface area (Å²) in [6.07, 6.45) is 2.32. The molecule has 3 atom stereocenters. The maximum absolute atomic E-state index is 10.0. The van der Waals surface area contributed by atoms with Gasteiger partial charge in [0.1, 0.15) is 34.9 Å². The number of phenolic OH excluding ortho intramolecular Hbond substituents is 2. The van der Waals surface area contributed by atoms with Crippen molar-refractivity contribution in [3.63, 3.8) is 0 Å². The van der Waals surface area contributed by atoms with E-state index in [0.717, 1.165) is 92.6 Å². The molecule has 0 aliphatic carbocycles. The fraction of sp³-hybridized carbons (Fsp3) is 0.365. The molecular formula is C63H76BBr3N6O9. The van der Waals surface area contributed by atoms with Crippen LogP contribution >= 0.6 is 47.3 Å². The number of nitrogens with zero attached hydrogens (tertiary/aromatic N) is 5. The van der Waals surface area contributed by atoms with Crippen LogP contribution in [-0.2, 0) is 24.1 Å². The number of rotatable bonds is 7. The third-order valence-electron chi connectivity index (χ3n) is 14.2. The lowest BCUT2D eigenvalue weighted by Crippen LogP contribution is -2.24. The van der Waals surface area contributed by atoms with E-state index in [-0.39, 0.29) is 51.9 Å². The molecule has 3 aliphatic rings. The molecule has 0 saturated carbocycles. The van der Waals surface area contributed by atoms with Crippen molar-refractivity contribution in [1.29, 1.82) is 15.8 Å². The number of nitriles is 3. The van der Waals surface area contributed by atoms with Crippen molar-refractivity contribution < 1.29 is 44.2 Å². The predicted molar refractivity (Wildman–Crippen MR) is 337 cm³/mol. The molecule has 0 radical (unpaired) electrons. The summed E-state index contributed by atoms with van der Waals surface area (Å²) in [5, 5.41) is 66.4. The minimum atomic E-state index is -0.307. The van der Waals surface area contributed by atoms with Gasteiger partial charge >= 0.3 is 3.18 Å². The number of carbonyl (C=O) groups is 1. The average Bonchev–Trinajstić information content (AvgIpc) is 3.88. The number of nitrogens with one attached hydrogen (secondary N) is 1. The minimum Gasteiger partial charge on any atom is -0.504 e. The first-order valence-electron chi connectivity index (χ1n) is 26.0. The lowest BCUT2D eigenvalue weighted by atomic mass is 9.85. The molecule has 0 fully saturated rings. The van der Waals surface area contributed by atoms with Crippen LogP contribution < -0.4 is 24.3 Å². The molecule has 82 heavy (non-hydrogen) atoms. The molecular weight excluding hydrogens is 1240 g/mol. The van der Waals surface area contributed by atoms with Gasteiger partial charge in [0, 0.05) is 57.6 Å². The van der Waals surface area contributed by atoms with E-state index in [4.69, 9.17) is 34.0 Å². The topological polar surface area (TPSA) is 225 Å². The third-order valence-corrected chi connectivity index (χ3v) is 14.2. The van der Waals surface area contributed by atoms with E-state index in [2.05, 4.69) is 188 Å². The minimum absolute atomic E-state index is 0. The normalized spacial score (nSPS) is 15.8. The number of hydrogen-bond donors (Lipinski definition) is 5. The second-order valence-corrected chi connectivity index (χ2v) is 25.8. The SMILES string of the molecule is BrB(Br)Br.C.CO.COc1cc2c(c(C#N)c1OC)CCN(C)C[C@@H]2c1cccc(C)c1.COc1cc2c(c(C#N)c1OC)CCNC[C@@H]2c1cccc(C)c1.Cc1cccc([C@H]2CN(C)CCc3c2cc(O)c(O)c3C#N)c1.O=CO. The van der Waals surface area contributed by atoms with Crippen molar-refractivity contribution in [2.75, 3.05) is 88.9 Å². The summed E-state index contributed by atoms with van der Waals surface area (Å²) in [6, 6.07) is 37.9. The first-order valence-corrected chi connectivity index (χ1v) is 28.7. The standard InChI is InChI=1S/C21H24N2O2.C20H22N2O2.C19H20N2O2.CH2O2.CH4O.CH4.BBr3/c1-14-6-5-7-15(10-14)19-13-23(2)9-8-16-17(19)11-20(24-3)21(25-4)18(16)12-22;1-13-5-4-6-14(9-13)18-12-22-8-7-15-16(18)10-19(23-2)20(24-3)17(15)11-21;1-12-4-3-5-13(8-12)17-11-21(2)7-6-14-15(17)9-18(22)19(23)16(14)10-20;2-1-3;1-2;;2-1(3)4/h5-7,10-11,19H,8-9,13H2,1-4H3;4-6,9-10,18,22H,7-8,12H2,1-3H3;3-5,8-9,17,22-23H,6-7,11H2,1-2H3;1H,(H,2,3);2H,1H3;1H4;/t19-;18-;17-;;;;/m111..../s1. The molecule has 0 spiro atoms. The molecule has 6 aromatic rings. The number of aliphatic hydroxyl groups is 1. The number of halogens is 3. The van der Waals surface area contributed by atoms with Crippen LogP contribution in [-0.4, -0.2) is 129 Å². The Morgan fingerprint density at radius 1 is 0.598 bits per heavy atom. The summed E-state index contributed by atoms with van der Waals surface area (Å²) in [5.41, 5.74) is 15.0. The van der Waals surface area contributed by atoms with Gasteiger partial charge in [-0.3, -0.25) is 4.79 Å². The first-order chi connectivity index (χ1) is 38.9. The highest BCUT2D eigenvalue weighted by Crippen LogP contribution is 2.44. The Morgan fingerprint density at radius 2 is 0.951 bits per heavy atom. The van der Waals surface area contributed by atoms with E-state index in [1.807, 2.05) is 12.1 Å². The molecule has 6 aromatic carbocycles. The van der Waals surface area contributed by atoms with E-state index in [1.54, 1.807) is 34.5 Å². The Labute approximate surface area is 510 Å².